The Morgan fingerprint density at radius 3 is 1.31 bits per heavy atom. The average Bonchev–Trinajstić information content (AvgIpc) is 4.22. The molecule has 4 aliphatic heterocycles. The van der Waals surface area contributed by atoms with E-state index in [1.165, 1.54) is 47.9 Å². The average molecular weight is 933 g/mol. The van der Waals surface area contributed by atoms with Crippen LogP contribution in [-0.4, -0.2) is 117 Å². The van der Waals surface area contributed by atoms with Gasteiger partial charge >= 0.3 is 0 Å². The van der Waals surface area contributed by atoms with Crippen LogP contribution in [-0.2, 0) is 33.1 Å². The summed E-state index contributed by atoms with van der Waals surface area (Å²) in [6.07, 6.45) is 13.4. The molecule has 4 heterocycles. The Bertz CT molecular complexity index is 2380. The minimum Gasteiger partial charge on any atom is -0.504 e. The first-order valence-corrected chi connectivity index (χ1v) is 27.2. The molecular formula is C58H80N2O8. The molecule has 8 saturated carbocycles. The molecule has 0 amide bonds. The fourth-order valence-corrected chi connectivity index (χ4v) is 19.7. The first kappa shape index (κ1) is 44.1. The number of nitrogens with zero attached hydrogens (tertiary/aromatic N) is 2. The van der Waals surface area contributed by atoms with Gasteiger partial charge in [-0.25, -0.2) is 0 Å². The minimum atomic E-state index is -1.04. The topological polar surface area (TPSA) is 124 Å². The van der Waals surface area contributed by atoms with Gasteiger partial charge in [0.25, 0.3) is 0 Å². The molecule has 10 aliphatic carbocycles. The maximum Gasteiger partial charge on any atom is 0.166 e. The highest BCUT2D eigenvalue weighted by Gasteiger charge is 2.84. The zero-order valence-electron chi connectivity index (χ0n) is 42.8. The summed E-state index contributed by atoms with van der Waals surface area (Å²) >= 11 is 0. The number of methoxy groups -OCH3 is 2. The monoisotopic (exact) mass is 933 g/mol. The summed E-state index contributed by atoms with van der Waals surface area (Å²) in [5.41, 5.74) is 0.598. The van der Waals surface area contributed by atoms with Gasteiger partial charge in [0.2, 0.25) is 0 Å². The Kier molecular flexibility index (Phi) is 8.40. The lowest BCUT2D eigenvalue weighted by molar-refractivity contribution is -0.312. The standard InChI is InChI=1S/C58H80N2O8/c1-49(2,3)51(7,63)37-27-53-15-17-57(37,65-9)47-55(53)19-21-59(29-31-11-12-31)39(53)25-33-23-35(43(61)45(67-47)41(33)55)36-24-34-26-40-54-16-18-58(66-10,38(28-54)52(8,64)50(4,5)6)48-56(54,42(34)46(68-48)44(36)62)20-22-60(40)30-32-13-14-32/h23-24,31-32,37-40,47-48,61-64H,11-22,25-30H2,1-10H3/t37-,38?,39-,40-,47-,48-,51+,52+,53-,54-,55+,56+,57-,58-/m1/s1. The number of hydrogen-bond acceptors (Lipinski definition) is 10. The van der Waals surface area contributed by atoms with E-state index in [0.29, 0.717) is 22.6 Å². The van der Waals surface area contributed by atoms with E-state index in [0.717, 1.165) is 102 Å². The van der Waals surface area contributed by atoms with Crippen molar-refractivity contribution in [3.63, 3.8) is 0 Å². The van der Waals surface area contributed by atoms with E-state index in [1.54, 1.807) is 0 Å². The fourth-order valence-electron chi connectivity index (χ4n) is 19.7. The van der Waals surface area contributed by atoms with E-state index in [2.05, 4.69) is 63.5 Å². The molecule has 10 fully saturated rings. The number of hydrogen-bond donors (Lipinski definition) is 4. The summed E-state index contributed by atoms with van der Waals surface area (Å²) in [4.78, 5) is 5.67. The summed E-state index contributed by atoms with van der Waals surface area (Å²) in [7, 11) is 3.68. The van der Waals surface area contributed by atoms with Gasteiger partial charge in [0.1, 0.15) is 23.4 Å². The van der Waals surface area contributed by atoms with Crippen molar-refractivity contribution >= 4 is 0 Å². The third-order valence-corrected chi connectivity index (χ3v) is 24.2. The molecular weight excluding hydrogens is 853 g/mol. The van der Waals surface area contributed by atoms with Crippen LogP contribution in [0.5, 0.6) is 23.0 Å². The van der Waals surface area contributed by atoms with Crippen molar-refractivity contribution in [3.05, 3.63) is 34.4 Å². The summed E-state index contributed by atoms with van der Waals surface area (Å²) in [6, 6.07) is 5.00. The van der Waals surface area contributed by atoms with Crippen molar-refractivity contribution < 1.29 is 39.4 Å². The van der Waals surface area contributed by atoms with Gasteiger partial charge in [-0.05, 0) is 163 Å². The first-order chi connectivity index (χ1) is 32.0. The predicted molar refractivity (Wildman–Crippen MR) is 259 cm³/mol. The summed E-state index contributed by atoms with van der Waals surface area (Å²) < 4.78 is 28.8. The molecule has 2 aromatic carbocycles. The molecule has 1 unspecified atom stereocenters. The molecule has 16 rings (SSSR count). The number of phenols is 2. The molecule has 0 aromatic heterocycles. The third kappa shape index (κ3) is 4.69. The van der Waals surface area contributed by atoms with Crippen LogP contribution < -0.4 is 9.47 Å². The van der Waals surface area contributed by atoms with Crippen LogP contribution in [0.2, 0.25) is 0 Å². The molecule has 14 atom stereocenters. The fraction of sp³-hybridized carbons (Fsp3) is 0.793. The Labute approximate surface area is 404 Å². The second-order valence-electron chi connectivity index (χ2n) is 28.0. The third-order valence-electron chi connectivity index (χ3n) is 24.2. The molecule has 370 valence electrons. The highest BCUT2D eigenvalue weighted by Crippen LogP contribution is 2.81. The number of ether oxygens (including phenoxy) is 4. The number of likely N-dealkylation sites (tertiary alicyclic amines) is 2. The number of benzene rings is 2. The molecule has 10 heteroatoms. The van der Waals surface area contributed by atoms with Gasteiger partial charge in [-0.15, -0.1) is 0 Å². The van der Waals surface area contributed by atoms with Crippen LogP contribution >= 0.6 is 0 Å². The quantitative estimate of drug-likeness (QED) is 0.194. The lowest BCUT2D eigenvalue weighted by atomic mass is 9.33. The Balaban J connectivity index is 0.957. The predicted octanol–water partition coefficient (Wildman–Crippen LogP) is 8.81. The van der Waals surface area contributed by atoms with Crippen LogP contribution in [0.3, 0.4) is 0 Å². The van der Waals surface area contributed by atoms with E-state index >= 15 is 0 Å². The smallest absolute Gasteiger partial charge is 0.166 e. The van der Waals surface area contributed by atoms with Crippen LogP contribution in [0.25, 0.3) is 11.1 Å². The zero-order valence-corrected chi connectivity index (χ0v) is 42.8. The van der Waals surface area contributed by atoms with Crippen LogP contribution in [0.4, 0.5) is 0 Å². The van der Waals surface area contributed by atoms with Gasteiger partial charge in [-0.1, -0.05) is 41.5 Å². The van der Waals surface area contributed by atoms with Crippen LogP contribution in [0, 0.1) is 45.3 Å². The highest BCUT2D eigenvalue weighted by molar-refractivity contribution is 5.86. The second kappa shape index (κ2) is 12.9. The van der Waals surface area contributed by atoms with Crippen molar-refractivity contribution in [2.75, 3.05) is 40.4 Å². The van der Waals surface area contributed by atoms with E-state index < -0.39 is 33.2 Å². The van der Waals surface area contributed by atoms with Crippen molar-refractivity contribution in [3.8, 4) is 34.1 Å². The summed E-state index contributed by atoms with van der Waals surface area (Å²) in [5.74, 6) is 2.48. The van der Waals surface area contributed by atoms with Crippen LogP contribution in [0.15, 0.2) is 12.1 Å². The van der Waals surface area contributed by atoms with Gasteiger partial charge < -0.3 is 39.4 Å². The minimum absolute atomic E-state index is 0.0971. The van der Waals surface area contributed by atoms with Gasteiger partial charge in [-0.3, -0.25) is 9.80 Å². The van der Waals surface area contributed by atoms with Gasteiger partial charge in [0.15, 0.2) is 23.0 Å². The van der Waals surface area contributed by atoms with E-state index in [4.69, 9.17) is 18.9 Å². The lowest BCUT2D eigenvalue weighted by Gasteiger charge is -2.75. The molecule has 2 aromatic rings. The summed E-state index contributed by atoms with van der Waals surface area (Å²) in [6.45, 7) is 21.3. The van der Waals surface area contributed by atoms with E-state index in [9.17, 15) is 20.4 Å². The van der Waals surface area contributed by atoms with Crippen molar-refractivity contribution in [1.29, 1.82) is 0 Å². The largest absolute Gasteiger partial charge is 0.504 e. The lowest BCUT2D eigenvalue weighted by Crippen LogP contribution is -2.83. The number of rotatable bonds is 9. The zero-order chi connectivity index (χ0) is 47.5. The Morgan fingerprint density at radius 2 is 0.971 bits per heavy atom. The molecule has 14 aliphatic rings. The number of aliphatic hydroxyl groups is 2. The van der Waals surface area contributed by atoms with Crippen molar-refractivity contribution in [1.82, 2.24) is 9.80 Å². The Morgan fingerprint density at radius 1 is 0.588 bits per heavy atom. The van der Waals surface area contributed by atoms with E-state index in [1.807, 2.05) is 28.1 Å². The molecule has 8 bridgehead atoms. The molecule has 2 saturated heterocycles. The number of aromatic hydroxyl groups is 2. The second-order valence-corrected chi connectivity index (χ2v) is 28.0. The maximum atomic E-state index is 13.1. The Hall–Kier alpha value is -2.60. The highest BCUT2D eigenvalue weighted by atomic mass is 16.6. The number of fused-ring (bicyclic) bond motifs is 4. The molecule has 10 nitrogen and oxygen atoms in total. The van der Waals surface area contributed by atoms with Gasteiger partial charge in [-0.2, -0.15) is 0 Å². The first-order valence-electron chi connectivity index (χ1n) is 27.2. The van der Waals surface area contributed by atoms with Crippen molar-refractivity contribution in [2.24, 2.45) is 45.3 Å². The molecule has 4 spiro atoms. The normalized spacial score (nSPS) is 44.2. The maximum absolute atomic E-state index is 13.1. The van der Waals surface area contributed by atoms with Crippen LogP contribution in [0.1, 0.15) is 155 Å². The summed E-state index contributed by atoms with van der Waals surface area (Å²) in [5, 5.41) is 51.9. The molecule has 68 heavy (non-hydrogen) atoms. The van der Waals surface area contributed by atoms with Gasteiger partial charge in [0, 0.05) is 95.1 Å². The number of piperidine rings is 2. The van der Waals surface area contributed by atoms with Gasteiger partial charge in [0.05, 0.1) is 11.2 Å². The van der Waals surface area contributed by atoms with Crippen molar-refractivity contribution in [2.45, 2.75) is 203 Å². The molecule has 4 N–H and O–H groups in total. The molecule has 0 radical (unpaired) electrons. The number of phenolic OH excluding ortho intramolecular Hbond substituents is 2. The SMILES string of the molecule is CO[C@]12CC[C@@]3(C[C@@H]1[C@](C)(O)C(C)(C)C)[C@H]1Cc4cc(-c5cc6c7c(c5O)O[C@@H]5[C@]78CCN(CC7CC7)[C@H](C6)[C@]86CC[C@@]5(OC)C([C@](C)(O)C(C)(C)C)C6)c(O)c5c4[C@@]3(CCN1CC1CC1)[C@H]2O5. The van der Waals surface area contributed by atoms with E-state index in [-0.39, 0.29) is 69.3 Å².